The molecule has 3 amide bonds. The average molecular weight is 428 g/mol. The predicted octanol–water partition coefficient (Wildman–Crippen LogP) is 2.09. The third kappa shape index (κ3) is 4.08. The molecule has 0 radical (unpaired) electrons. The van der Waals surface area contributed by atoms with Crippen molar-refractivity contribution in [3.63, 3.8) is 0 Å². The Balaban J connectivity index is 1.55. The van der Waals surface area contributed by atoms with Crippen LogP contribution in [0.25, 0.3) is 0 Å². The molecule has 1 fully saturated rings. The fraction of sp³-hybridized carbons (Fsp3) is 0.545. The van der Waals surface area contributed by atoms with E-state index in [1.54, 1.807) is 24.0 Å². The van der Waals surface area contributed by atoms with E-state index in [1.807, 2.05) is 6.92 Å². The van der Waals surface area contributed by atoms with Crippen LogP contribution in [0.5, 0.6) is 0 Å². The largest absolute Gasteiger partial charge is 0.467 e. The average Bonchev–Trinajstić information content (AvgIpc) is 3.51. The molecule has 166 valence electrons. The zero-order valence-corrected chi connectivity index (χ0v) is 18.0. The highest BCUT2D eigenvalue weighted by Crippen LogP contribution is 2.29. The number of hydrogen-bond donors (Lipinski definition) is 2. The highest BCUT2D eigenvalue weighted by molar-refractivity contribution is 6.01. The molecule has 9 heteroatoms. The van der Waals surface area contributed by atoms with E-state index < -0.39 is 11.4 Å². The van der Waals surface area contributed by atoms with E-state index in [0.29, 0.717) is 18.0 Å². The number of aromatic nitrogens is 2. The summed E-state index contributed by atoms with van der Waals surface area (Å²) in [5, 5.41) is 10.2. The third-order valence-corrected chi connectivity index (χ3v) is 6.16. The minimum atomic E-state index is -1.06. The van der Waals surface area contributed by atoms with Crippen LogP contribution in [0, 0.1) is 0 Å². The summed E-state index contributed by atoms with van der Waals surface area (Å²) in [6, 6.07) is 5.16. The molecule has 0 saturated heterocycles. The molecule has 0 spiro atoms. The van der Waals surface area contributed by atoms with Crippen LogP contribution in [0.1, 0.15) is 72.7 Å². The number of amides is 3. The predicted molar refractivity (Wildman–Crippen MR) is 112 cm³/mol. The molecule has 2 N–H and O–H groups in total. The van der Waals surface area contributed by atoms with Crippen LogP contribution in [0.2, 0.25) is 0 Å². The second-order valence-corrected chi connectivity index (χ2v) is 8.52. The highest BCUT2D eigenvalue weighted by Gasteiger charge is 2.48. The third-order valence-electron chi connectivity index (χ3n) is 6.16. The lowest BCUT2D eigenvalue weighted by Crippen LogP contribution is -2.65. The normalized spacial score (nSPS) is 21.2. The maximum atomic E-state index is 13.3. The van der Waals surface area contributed by atoms with Crippen molar-refractivity contribution in [2.45, 2.75) is 70.6 Å². The lowest BCUT2D eigenvalue weighted by molar-refractivity contribution is -0.133. The Morgan fingerprint density at radius 1 is 1.32 bits per heavy atom. The van der Waals surface area contributed by atoms with E-state index in [-0.39, 0.29) is 36.6 Å². The summed E-state index contributed by atoms with van der Waals surface area (Å²) in [7, 11) is 0. The first-order chi connectivity index (χ1) is 14.9. The maximum Gasteiger partial charge on any atom is 0.273 e. The van der Waals surface area contributed by atoms with E-state index in [1.165, 1.54) is 17.0 Å². The van der Waals surface area contributed by atoms with Gasteiger partial charge in [-0.2, -0.15) is 5.10 Å². The molecule has 4 rings (SSSR count). The SMILES string of the molecule is CCCN1C(=O)c2cc(C(=O)NCc3ccco3)nn2C[C@]1(C)C(=O)NC1CCCC1. The highest BCUT2D eigenvalue weighted by atomic mass is 16.3. The zero-order valence-electron chi connectivity index (χ0n) is 18.0. The lowest BCUT2D eigenvalue weighted by Gasteiger charge is -2.43. The van der Waals surface area contributed by atoms with Crippen LogP contribution < -0.4 is 10.6 Å². The van der Waals surface area contributed by atoms with Gasteiger partial charge in [0.15, 0.2) is 5.69 Å². The number of furan rings is 1. The fourth-order valence-electron chi connectivity index (χ4n) is 4.41. The summed E-state index contributed by atoms with van der Waals surface area (Å²) >= 11 is 0. The Hall–Kier alpha value is -3.10. The van der Waals surface area contributed by atoms with Gasteiger partial charge in [-0.3, -0.25) is 19.1 Å². The van der Waals surface area contributed by atoms with Gasteiger partial charge < -0.3 is 20.0 Å². The molecule has 2 aromatic heterocycles. The molecule has 0 aromatic carbocycles. The zero-order chi connectivity index (χ0) is 22.0. The first-order valence-corrected chi connectivity index (χ1v) is 10.9. The van der Waals surface area contributed by atoms with E-state index in [4.69, 9.17) is 4.42 Å². The van der Waals surface area contributed by atoms with Crippen molar-refractivity contribution in [1.82, 2.24) is 25.3 Å². The summed E-state index contributed by atoms with van der Waals surface area (Å²) < 4.78 is 6.71. The lowest BCUT2D eigenvalue weighted by atomic mass is 9.94. The molecule has 1 saturated carbocycles. The van der Waals surface area contributed by atoms with Crippen LogP contribution in [-0.4, -0.2) is 50.5 Å². The molecule has 1 atom stereocenters. The van der Waals surface area contributed by atoms with Crippen molar-refractivity contribution in [2.24, 2.45) is 0 Å². The van der Waals surface area contributed by atoms with Crippen LogP contribution in [0.3, 0.4) is 0 Å². The quantitative estimate of drug-likeness (QED) is 0.703. The molecular weight excluding hydrogens is 398 g/mol. The van der Waals surface area contributed by atoms with Gasteiger partial charge in [0, 0.05) is 18.7 Å². The van der Waals surface area contributed by atoms with Crippen LogP contribution in [0.4, 0.5) is 0 Å². The Kier molecular flexibility index (Phi) is 5.84. The second kappa shape index (κ2) is 8.56. The molecule has 1 aliphatic carbocycles. The molecule has 3 heterocycles. The number of nitrogens with zero attached hydrogens (tertiary/aromatic N) is 3. The Morgan fingerprint density at radius 3 is 2.77 bits per heavy atom. The van der Waals surface area contributed by atoms with Crippen molar-refractivity contribution < 1.29 is 18.8 Å². The summed E-state index contributed by atoms with van der Waals surface area (Å²) in [6.45, 7) is 4.65. The minimum absolute atomic E-state index is 0.145. The minimum Gasteiger partial charge on any atom is -0.467 e. The topological polar surface area (TPSA) is 109 Å². The van der Waals surface area contributed by atoms with Gasteiger partial charge in [-0.1, -0.05) is 19.8 Å². The summed E-state index contributed by atoms with van der Waals surface area (Å²) in [4.78, 5) is 40.7. The molecule has 0 unspecified atom stereocenters. The monoisotopic (exact) mass is 427 g/mol. The van der Waals surface area contributed by atoms with E-state index in [2.05, 4.69) is 15.7 Å². The van der Waals surface area contributed by atoms with Crippen molar-refractivity contribution in [3.8, 4) is 0 Å². The van der Waals surface area contributed by atoms with Crippen LogP contribution >= 0.6 is 0 Å². The standard InChI is InChI=1S/C22H29N5O4/c1-3-10-26-20(29)18-12-17(19(28)23-13-16-9-6-11-31-16)25-27(18)14-22(26,2)21(30)24-15-7-4-5-8-15/h6,9,11-12,15H,3-5,7-8,10,13-14H2,1-2H3,(H,23,28)(H,24,30)/t22-/m1/s1. The molecule has 2 aromatic rings. The van der Waals surface area contributed by atoms with E-state index in [9.17, 15) is 14.4 Å². The van der Waals surface area contributed by atoms with Gasteiger partial charge in [-0.05, 0) is 38.3 Å². The van der Waals surface area contributed by atoms with Gasteiger partial charge in [-0.15, -0.1) is 0 Å². The number of nitrogens with one attached hydrogen (secondary N) is 2. The summed E-state index contributed by atoms with van der Waals surface area (Å²) in [6.07, 6.45) is 6.42. The number of rotatable bonds is 7. The van der Waals surface area contributed by atoms with Gasteiger partial charge in [-0.25, -0.2) is 0 Å². The van der Waals surface area contributed by atoms with E-state index >= 15 is 0 Å². The van der Waals surface area contributed by atoms with Crippen molar-refractivity contribution in [2.75, 3.05) is 6.54 Å². The first-order valence-electron chi connectivity index (χ1n) is 10.9. The van der Waals surface area contributed by atoms with Crippen molar-refractivity contribution in [1.29, 1.82) is 0 Å². The number of fused-ring (bicyclic) bond motifs is 1. The second-order valence-electron chi connectivity index (χ2n) is 8.52. The van der Waals surface area contributed by atoms with Gasteiger partial charge in [0.05, 0.1) is 19.4 Å². The van der Waals surface area contributed by atoms with Gasteiger partial charge in [0.25, 0.3) is 11.8 Å². The van der Waals surface area contributed by atoms with E-state index in [0.717, 1.165) is 32.1 Å². The smallest absolute Gasteiger partial charge is 0.273 e. The molecule has 1 aliphatic heterocycles. The maximum absolute atomic E-state index is 13.3. The van der Waals surface area contributed by atoms with Gasteiger partial charge >= 0.3 is 0 Å². The Labute approximate surface area is 181 Å². The number of hydrogen-bond acceptors (Lipinski definition) is 5. The Morgan fingerprint density at radius 2 is 2.10 bits per heavy atom. The first kappa shape index (κ1) is 21.1. The number of carbonyl (C=O) groups excluding carboxylic acids is 3. The van der Waals surface area contributed by atoms with Crippen LogP contribution in [0.15, 0.2) is 28.9 Å². The van der Waals surface area contributed by atoms with Crippen molar-refractivity contribution >= 4 is 17.7 Å². The summed E-state index contributed by atoms with van der Waals surface area (Å²) in [5.74, 6) is -0.218. The molecule has 2 aliphatic rings. The summed E-state index contributed by atoms with van der Waals surface area (Å²) in [5.41, 5.74) is -0.592. The Bertz CT molecular complexity index is 961. The fourth-order valence-corrected chi connectivity index (χ4v) is 4.41. The van der Waals surface area contributed by atoms with Crippen molar-refractivity contribution in [3.05, 3.63) is 41.6 Å². The molecule has 31 heavy (non-hydrogen) atoms. The van der Waals surface area contributed by atoms with Gasteiger partial charge in [0.1, 0.15) is 17.0 Å². The molecule has 9 nitrogen and oxygen atoms in total. The van der Waals surface area contributed by atoms with Gasteiger partial charge in [0.2, 0.25) is 5.91 Å². The molecular formula is C22H29N5O4. The van der Waals surface area contributed by atoms with Crippen LogP contribution in [-0.2, 0) is 17.9 Å². The number of carbonyl (C=O) groups is 3. The molecule has 0 bridgehead atoms.